The van der Waals surface area contributed by atoms with E-state index >= 15 is 0 Å². The summed E-state index contributed by atoms with van der Waals surface area (Å²) < 4.78 is 13.2. The van der Waals surface area contributed by atoms with E-state index in [1.807, 2.05) is 6.92 Å². The molecule has 1 amide bonds. The van der Waals surface area contributed by atoms with E-state index in [1.165, 1.54) is 18.2 Å². The first-order valence-electron chi connectivity index (χ1n) is 5.91. The minimum atomic E-state index is -0.930. The van der Waals surface area contributed by atoms with Gasteiger partial charge in [0.1, 0.15) is 5.82 Å². The van der Waals surface area contributed by atoms with E-state index < -0.39 is 23.6 Å². The van der Waals surface area contributed by atoms with Crippen LogP contribution in [0, 0.1) is 11.7 Å². The van der Waals surface area contributed by atoms with Crippen molar-refractivity contribution < 1.29 is 19.1 Å². The van der Waals surface area contributed by atoms with Crippen molar-refractivity contribution in [3.63, 3.8) is 0 Å². The van der Waals surface area contributed by atoms with Crippen molar-refractivity contribution in [1.82, 2.24) is 5.32 Å². The molecule has 1 rings (SSSR count). The lowest BCUT2D eigenvalue weighted by molar-refractivity contribution is -0.141. The van der Waals surface area contributed by atoms with Gasteiger partial charge < -0.3 is 10.4 Å². The molecule has 0 aliphatic heterocycles. The summed E-state index contributed by atoms with van der Waals surface area (Å²) in [5.74, 6) is -2.40. The largest absolute Gasteiger partial charge is 0.481 e. The van der Waals surface area contributed by atoms with E-state index in [4.69, 9.17) is 5.11 Å². The fraction of sp³-hybridized carbons (Fsp3) is 0.385. The Morgan fingerprint density at radius 1 is 1.47 bits per heavy atom. The molecule has 0 radical (unpaired) electrons. The third kappa shape index (κ3) is 4.63. The van der Waals surface area contributed by atoms with E-state index in [9.17, 15) is 14.0 Å². The van der Waals surface area contributed by atoms with Crippen LogP contribution in [-0.2, 0) is 4.79 Å². The van der Waals surface area contributed by atoms with E-state index in [0.717, 1.165) is 6.42 Å². The molecular formula is C13H15BrFNO3. The number of rotatable bonds is 6. The lowest BCUT2D eigenvalue weighted by atomic mass is 10.0. The van der Waals surface area contributed by atoms with Gasteiger partial charge >= 0.3 is 5.97 Å². The Kier molecular flexibility index (Phi) is 5.95. The Balaban J connectivity index is 2.66. The Morgan fingerprint density at radius 3 is 2.68 bits per heavy atom. The quantitative estimate of drug-likeness (QED) is 0.842. The molecule has 2 N–H and O–H groups in total. The fourth-order valence-electron chi connectivity index (χ4n) is 1.65. The molecule has 0 aliphatic carbocycles. The number of benzene rings is 1. The summed E-state index contributed by atoms with van der Waals surface area (Å²) in [5, 5.41) is 11.5. The van der Waals surface area contributed by atoms with Crippen molar-refractivity contribution in [3.05, 3.63) is 34.1 Å². The van der Waals surface area contributed by atoms with Gasteiger partial charge in [0.15, 0.2) is 0 Å². The molecule has 0 heterocycles. The molecule has 0 aromatic heterocycles. The number of halogens is 2. The zero-order chi connectivity index (χ0) is 14.4. The van der Waals surface area contributed by atoms with Gasteiger partial charge in [-0.15, -0.1) is 0 Å². The van der Waals surface area contributed by atoms with Gasteiger partial charge in [0.05, 0.1) is 11.5 Å². The molecule has 1 aromatic rings. The molecule has 0 bridgehead atoms. The topological polar surface area (TPSA) is 66.4 Å². The van der Waals surface area contributed by atoms with E-state index in [1.54, 1.807) is 0 Å². The summed E-state index contributed by atoms with van der Waals surface area (Å²) in [5.41, 5.74) is 0.280. The predicted molar refractivity (Wildman–Crippen MR) is 72.5 cm³/mol. The summed E-state index contributed by atoms with van der Waals surface area (Å²) >= 11 is 3.10. The summed E-state index contributed by atoms with van der Waals surface area (Å²) in [6, 6.07) is 3.72. The maximum absolute atomic E-state index is 12.9. The lowest BCUT2D eigenvalue weighted by Gasteiger charge is -2.12. The van der Waals surface area contributed by atoms with Crippen LogP contribution in [0.25, 0.3) is 0 Å². The summed E-state index contributed by atoms with van der Waals surface area (Å²) in [4.78, 5) is 22.8. The minimum absolute atomic E-state index is 0.0613. The molecule has 4 nitrogen and oxygen atoms in total. The van der Waals surface area contributed by atoms with Gasteiger partial charge in [-0.25, -0.2) is 4.39 Å². The minimum Gasteiger partial charge on any atom is -0.481 e. The van der Waals surface area contributed by atoms with Crippen LogP contribution in [0.4, 0.5) is 4.39 Å². The first-order chi connectivity index (χ1) is 8.95. The van der Waals surface area contributed by atoms with E-state index in [2.05, 4.69) is 21.2 Å². The summed E-state index contributed by atoms with van der Waals surface area (Å²) in [7, 11) is 0. The molecule has 1 unspecified atom stereocenters. The van der Waals surface area contributed by atoms with Gasteiger partial charge in [0.25, 0.3) is 5.91 Å². The number of hydrogen-bond acceptors (Lipinski definition) is 2. The highest BCUT2D eigenvalue weighted by Gasteiger charge is 2.18. The molecule has 1 aromatic carbocycles. The van der Waals surface area contributed by atoms with Crippen LogP contribution in [0.2, 0.25) is 0 Å². The van der Waals surface area contributed by atoms with Gasteiger partial charge in [-0.05, 0) is 40.5 Å². The monoisotopic (exact) mass is 331 g/mol. The van der Waals surface area contributed by atoms with Gasteiger partial charge in [-0.1, -0.05) is 13.3 Å². The van der Waals surface area contributed by atoms with Crippen molar-refractivity contribution in [3.8, 4) is 0 Å². The highest BCUT2D eigenvalue weighted by molar-refractivity contribution is 9.10. The predicted octanol–water partition coefficient (Wildman–Crippen LogP) is 2.82. The van der Waals surface area contributed by atoms with Crippen LogP contribution in [0.3, 0.4) is 0 Å². The molecule has 0 saturated carbocycles. The number of hydrogen-bond donors (Lipinski definition) is 2. The van der Waals surface area contributed by atoms with Crippen LogP contribution in [-0.4, -0.2) is 23.5 Å². The number of nitrogens with one attached hydrogen (secondary N) is 1. The van der Waals surface area contributed by atoms with Crippen molar-refractivity contribution in [2.24, 2.45) is 5.92 Å². The maximum Gasteiger partial charge on any atom is 0.308 e. The average molecular weight is 332 g/mol. The standard InChI is InChI=1S/C13H15BrFNO3/c1-2-3-8(13(18)19)7-16-12(17)10-5-4-9(15)6-11(10)14/h4-6,8H,2-3,7H2,1H3,(H,16,17)(H,18,19). The number of amides is 1. The zero-order valence-electron chi connectivity index (χ0n) is 10.5. The molecule has 104 valence electrons. The van der Waals surface area contributed by atoms with E-state index in [-0.39, 0.29) is 12.1 Å². The molecule has 6 heteroatoms. The Labute approximate surface area is 119 Å². The Hall–Kier alpha value is -1.43. The molecular weight excluding hydrogens is 317 g/mol. The maximum atomic E-state index is 12.9. The SMILES string of the molecule is CCCC(CNC(=O)c1ccc(F)cc1Br)C(=O)O. The first-order valence-corrected chi connectivity index (χ1v) is 6.71. The Morgan fingerprint density at radius 2 is 2.16 bits per heavy atom. The average Bonchev–Trinajstić information content (AvgIpc) is 2.33. The van der Waals surface area contributed by atoms with Crippen LogP contribution in [0.15, 0.2) is 22.7 Å². The molecule has 0 aliphatic rings. The second kappa shape index (κ2) is 7.23. The molecule has 1 atom stereocenters. The smallest absolute Gasteiger partial charge is 0.308 e. The van der Waals surface area contributed by atoms with Crippen molar-refractivity contribution in [2.45, 2.75) is 19.8 Å². The second-order valence-electron chi connectivity index (χ2n) is 4.16. The summed E-state index contributed by atoms with van der Waals surface area (Å²) in [6.45, 7) is 1.94. The molecule has 0 saturated heterocycles. The van der Waals surface area contributed by atoms with Crippen molar-refractivity contribution >= 4 is 27.8 Å². The number of carbonyl (C=O) groups is 2. The lowest BCUT2D eigenvalue weighted by Crippen LogP contribution is -2.33. The number of carboxylic acids is 1. The van der Waals surface area contributed by atoms with Crippen LogP contribution in [0.5, 0.6) is 0 Å². The third-order valence-corrected chi connectivity index (χ3v) is 3.33. The van der Waals surface area contributed by atoms with Gasteiger partial charge in [0.2, 0.25) is 0 Å². The van der Waals surface area contributed by atoms with Crippen LogP contribution >= 0.6 is 15.9 Å². The number of carboxylic acid groups (broad SMARTS) is 1. The highest BCUT2D eigenvalue weighted by Crippen LogP contribution is 2.18. The van der Waals surface area contributed by atoms with Crippen molar-refractivity contribution in [1.29, 1.82) is 0 Å². The van der Waals surface area contributed by atoms with Crippen LogP contribution in [0.1, 0.15) is 30.1 Å². The molecule has 0 fully saturated rings. The fourth-order valence-corrected chi connectivity index (χ4v) is 2.18. The van der Waals surface area contributed by atoms with Gasteiger partial charge in [-0.3, -0.25) is 9.59 Å². The van der Waals surface area contributed by atoms with Crippen LogP contribution < -0.4 is 5.32 Å². The zero-order valence-corrected chi connectivity index (χ0v) is 12.0. The summed E-state index contributed by atoms with van der Waals surface area (Å²) in [6.07, 6.45) is 1.23. The molecule has 0 spiro atoms. The van der Waals surface area contributed by atoms with E-state index in [0.29, 0.717) is 10.9 Å². The molecule has 19 heavy (non-hydrogen) atoms. The third-order valence-electron chi connectivity index (χ3n) is 2.67. The number of carbonyl (C=O) groups excluding carboxylic acids is 1. The second-order valence-corrected chi connectivity index (χ2v) is 5.01. The first kappa shape index (κ1) is 15.6. The van der Waals surface area contributed by atoms with Gasteiger partial charge in [0, 0.05) is 11.0 Å². The van der Waals surface area contributed by atoms with Gasteiger partial charge in [-0.2, -0.15) is 0 Å². The highest BCUT2D eigenvalue weighted by atomic mass is 79.9. The Bertz CT molecular complexity index is 479. The van der Waals surface area contributed by atoms with Crippen molar-refractivity contribution in [2.75, 3.05) is 6.54 Å². The number of aliphatic carboxylic acids is 1. The normalized spacial score (nSPS) is 11.9.